The van der Waals surface area contributed by atoms with E-state index in [2.05, 4.69) is 9.97 Å². The van der Waals surface area contributed by atoms with Gasteiger partial charge in [0.15, 0.2) is 0 Å². The normalized spacial score (nSPS) is 24.0. The highest BCUT2D eigenvalue weighted by Crippen LogP contribution is 2.40. The summed E-state index contributed by atoms with van der Waals surface area (Å²) in [6.45, 7) is 8.11. The summed E-state index contributed by atoms with van der Waals surface area (Å²) in [6.07, 6.45) is 3.84. The summed E-state index contributed by atoms with van der Waals surface area (Å²) in [5, 5.41) is 0. The van der Waals surface area contributed by atoms with Gasteiger partial charge in [0.05, 0.1) is 18.7 Å². The largest absolute Gasteiger partial charge is 0.467 e. The van der Waals surface area contributed by atoms with Crippen LogP contribution >= 0.6 is 0 Å². The van der Waals surface area contributed by atoms with Crippen LogP contribution < -0.4 is 4.74 Å². The second kappa shape index (κ2) is 7.93. The number of fused-ring (bicyclic) bond motifs is 3. The summed E-state index contributed by atoms with van der Waals surface area (Å²) in [5.41, 5.74) is 0.884. The van der Waals surface area contributed by atoms with E-state index in [9.17, 15) is 9.59 Å². The molecule has 1 aromatic heterocycles. The van der Waals surface area contributed by atoms with Gasteiger partial charge >= 0.3 is 18.1 Å². The highest BCUT2D eigenvalue weighted by Gasteiger charge is 2.47. The van der Waals surface area contributed by atoms with Gasteiger partial charge in [-0.3, -0.25) is 4.79 Å². The smallest absolute Gasteiger partial charge is 0.410 e. The highest BCUT2D eigenvalue weighted by atomic mass is 16.6. The summed E-state index contributed by atoms with van der Waals surface area (Å²) >= 11 is 0. The summed E-state index contributed by atoms with van der Waals surface area (Å²) in [7, 11) is 1.50. The number of aryl methyl sites for hydroxylation is 1. The number of piperidine rings is 2. The molecule has 8 heteroatoms. The number of ether oxygens (including phenoxy) is 3. The SMILES string of the molecule is COc1ncc(COC(=O)C2CC3CCC2N(C(=O)OC(C)(C)C)C3)c(C)n1. The van der Waals surface area contributed by atoms with Crippen LogP contribution in [0.2, 0.25) is 0 Å². The quantitative estimate of drug-likeness (QED) is 0.729. The van der Waals surface area contributed by atoms with Crippen molar-refractivity contribution in [2.45, 2.75) is 65.2 Å². The molecule has 1 saturated carbocycles. The van der Waals surface area contributed by atoms with Crippen LogP contribution in [0.25, 0.3) is 0 Å². The van der Waals surface area contributed by atoms with Crippen molar-refractivity contribution in [2.75, 3.05) is 13.7 Å². The predicted molar refractivity (Wildman–Crippen MR) is 101 cm³/mol. The molecular weight excluding hydrogens is 362 g/mol. The van der Waals surface area contributed by atoms with Crippen LogP contribution in [-0.4, -0.2) is 52.2 Å². The number of hydrogen-bond donors (Lipinski definition) is 0. The molecule has 28 heavy (non-hydrogen) atoms. The van der Waals surface area contributed by atoms with E-state index in [0.29, 0.717) is 18.2 Å². The molecule has 8 nitrogen and oxygen atoms in total. The molecule has 1 aliphatic carbocycles. The van der Waals surface area contributed by atoms with Gasteiger partial charge in [-0.05, 0) is 52.9 Å². The van der Waals surface area contributed by atoms with Gasteiger partial charge in [-0.15, -0.1) is 0 Å². The van der Waals surface area contributed by atoms with Crippen molar-refractivity contribution in [2.24, 2.45) is 11.8 Å². The van der Waals surface area contributed by atoms with E-state index in [4.69, 9.17) is 14.2 Å². The number of carbonyl (C=O) groups is 2. The number of hydrogen-bond acceptors (Lipinski definition) is 7. The first kappa shape index (κ1) is 20.4. The molecule has 1 amide bonds. The van der Waals surface area contributed by atoms with Gasteiger partial charge in [-0.25, -0.2) is 14.8 Å². The lowest BCUT2D eigenvalue weighted by atomic mass is 9.73. The zero-order valence-corrected chi connectivity index (χ0v) is 17.2. The summed E-state index contributed by atoms with van der Waals surface area (Å²) in [6, 6.07) is 0.116. The predicted octanol–water partition coefficient (Wildman–Crippen LogP) is 2.87. The van der Waals surface area contributed by atoms with Crippen molar-refractivity contribution in [1.29, 1.82) is 0 Å². The standard InChI is InChI=1S/C20H29N3O5/c1-12-14(9-21-18(22-12)26-5)11-27-17(24)15-8-13-6-7-16(15)23(10-13)19(25)28-20(2,3)4/h9,13,15-16H,6-8,10-11H2,1-5H3. The second-order valence-corrected chi connectivity index (χ2v) is 8.56. The molecule has 0 spiro atoms. The van der Waals surface area contributed by atoms with Gasteiger partial charge in [-0.2, -0.15) is 0 Å². The van der Waals surface area contributed by atoms with Crippen molar-refractivity contribution >= 4 is 12.1 Å². The first-order valence-corrected chi connectivity index (χ1v) is 9.70. The molecular formula is C20H29N3O5. The Hall–Kier alpha value is -2.38. The van der Waals surface area contributed by atoms with Gasteiger partial charge in [0.25, 0.3) is 0 Å². The van der Waals surface area contributed by atoms with Crippen LogP contribution in [0.1, 0.15) is 51.3 Å². The first-order chi connectivity index (χ1) is 13.2. The molecule has 0 N–H and O–H groups in total. The number of methoxy groups -OCH3 is 1. The maximum absolute atomic E-state index is 12.8. The fraction of sp³-hybridized carbons (Fsp3) is 0.700. The van der Waals surface area contributed by atoms with E-state index < -0.39 is 5.60 Å². The Balaban J connectivity index is 1.64. The van der Waals surface area contributed by atoms with Crippen LogP contribution in [0, 0.1) is 18.8 Å². The Morgan fingerprint density at radius 3 is 2.64 bits per heavy atom. The molecule has 2 bridgehead atoms. The third-order valence-corrected chi connectivity index (χ3v) is 5.32. The number of esters is 1. The average Bonchev–Trinajstić information content (AvgIpc) is 2.65. The molecule has 3 unspecified atom stereocenters. The maximum atomic E-state index is 12.8. The van der Waals surface area contributed by atoms with Crippen molar-refractivity contribution in [1.82, 2.24) is 14.9 Å². The first-order valence-electron chi connectivity index (χ1n) is 9.70. The van der Waals surface area contributed by atoms with Crippen LogP contribution in [0.4, 0.5) is 4.79 Å². The molecule has 0 radical (unpaired) electrons. The monoisotopic (exact) mass is 391 g/mol. The third kappa shape index (κ3) is 4.54. The van der Waals surface area contributed by atoms with Crippen molar-refractivity contribution in [3.63, 3.8) is 0 Å². The van der Waals surface area contributed by atoms with Gasteiger partial charge < -0.3 is 19.1 Å². The minimum atomic E-state index is -0.560. The van der Waals surface area contributed by atoms with Crippen LogP contribution in [0.3, 0.4) is 0 Å². The van der Waals surface area contributed by atoms with Gasteiger partial charge in [-0.1, -0.05) is 0 Å². The molecule has 154 valence electrons. The Kier molecular flexibility index (Phi) is 5.76. The van der Waals surface area contributed by atoms with Crippen LogP contribution in [0.5, 0.6) is 6.01 Å². The fourth-order valence-corrected chi connectivity index (χ4v) is 3.94. The van der Waals surface area contributed by atoms with Gasteiger partial charge in [0.2, 0.25) is 0 Å². The van der Waals surface area contributed by atoms with E-state index in [1.165, 1.54) is 7.11 Å². The topological polar surface area (TPSA) is 90.9 Å². The Morgan fingerprint density at radius 2 is 2.04 bits per heavy atom. The number of rotatable bonds is 4. The molecule has 3 atom stereocenters. The van der Waals surface area contributed by atoms with E-state index in [0.717, 1.165) is 24.8 Å². The minimum Gasteiger partial charge on any atom is -0.467 e. The average molecular weight is 391 g/mol. The van der Waals surface area contributed by atoms with Gasteiger partial charge in [0.1, 0.15) is 12.2 Å². The Bertz CT molecular complexity index is 746. The van der Waals surface area contributed by atoms with Crippen LogP contribution in [0.15, 0.2) is 6.20 Å². The van der Waals surface area contributed by atoms with Gasteiger partial charge in [0, 0.05) is 24.3 Å². The number of nitrogens with zero attached hydrogens (tertiary/aromatic N) is 3. The summed E-state index contributed by atoms with van der Waals surface area (Å²) in [5.74, 6) is -0.293. The number of amides is 1. The summed E-state index contributed by atoms with van der Waals surface area (Å²) in [4.78, 5) is 35.3. The molecule has 1 aromatic rings. The highest BCUT2D eigenvalue weighted by molar-refractivity contribution is 5.76. The summed E-state index contributed by atoms with van der Waals surface area (Å²) < 4.78 is 16.1. The Morgan fingerprint density at radius 1 is 1.29 bits per heavy atom. The van der Waals surface area contributed by atoms with Crippen molar-refractivity contribution < 1.29 is 23.8 Å². The molecule has 2 aliphatic heterocycles. The minimum absolute atomic E-state index is 0.106. The molecule has 0 aromatic carbocycles. The lowest BCUT2D eigenvalue weighted by Gasteiger charge is -2.48. The third-order valence-electron chi connectivity index (χ3n) is 5.32. The van der Waals surface area contributed by atoms with E-state index in [1.54, 1.807) is 11.1 Å². The van der Waals surface area contributed by atoms with E-state index >= 15 is 0 Å². The number of carbonyl (C=O) groups excluding carboxylic acids is 2. The van der Waals surface area contributed by atoms with E-state index in [1.807, 2.05) is 27.7 Å². The zero-order valence-electron chi connectivity index (χ0n) is 17.2. The molecule has 4 rings (SSSR count). The molecule has 3 aliphatic rings. The molecule has 3 fully saturated rings. The Labute approximate surface area is 165 Å². The molecule has 2 saturated heterocycles. The lowest BCUT2D eigenvalue weighted by molar-refractivity contribution is -0.157. The van der Waals surface area contributed by atoms with Crippen molar-refractivity contribution in [3.8, 4) is 6.01 Å². The van der Waals surface area contributed by atoms with Crippen LogP contribution in [-0.2, 0) is 20.9 Å². The van der Waals surface area contributed by atoms with Crippen molar-refractivity contribution in [3.05, 3.63) is 17.5 Å². The van der Waals surface area contributed by atoms with E-state index in [-0.39, 0.29) is 36.6 Å². The molecule has 3 heterocycles. The maximum Gasteiger partial charge on any atom is 0.410 e. The number of aromatic nitrogens is 2. The lowest BCUT2D eigenvalue weighted by Crippen LogP contribution is -2.58. The second-order valence-electron chi connectivity index (χ2n) is 8.56. The fourth-order valence-electron chi connectivity index (χ4n) is 3.94. The zero-order chi connectivity index (χ0) is 20.5.